The molecule has 2 fully saturated rings. The molecule has 2 heterocycles. The molecule has 2 aliphatic rings. The standard InChI is InChI=1S/C25H48O12/c26-14-16-18(28)20(30)22(32)24(36-16)34-12-10-8-6-4-2-1-3-5-7-9-11-13-35-25-23(33)21(31)19(29)17(15-27)37-25/h16-33H,1-15H2/t16-,17-,18-,19-,20+,21+,22-,23-,24-,25+/m1/s1. The Hall–Kier alpha value is -0.480. The Kier molecular flexibility index (Phi) is 15.9. The van der Waals surface area contributed by atoms with Gasteiger partial charge in [-0.15, -0.1) is 0 Å². The summed E-state index contributed by atoms with van der Waals surface area (Å²) in [6.45, 7) is -0.207. The second-order valence-corrected chi connectivity index (χ2v) is 10.0. The van der Waals surface area contributed by atoms with Gasteiger partial charge in [0.15, 0.2) is 12.6 Å². The molecule has 0 unspecified atom stereocenters. The normalized spacial score (nSPS) is 36.6. The third kappa shape index (κ3) is 10.5. The summed E-state index contributed by atoms with van der Waals surface area (Å²) in [6.07, 6.45) is -0.866. The molecule has 12 nitrogen and oxygen atoms in total. The molecule has 0 amide bonds. The lowest BCUT2D eigenvalue weighted by Crippen LogP contribution is -2.59. The fourth-order valence-corrected chi connectivity index (χ4v) is 4.60. The van der Waals surface area contributed by atoms with E-state index < -0.39 is 74.6 Å². The molecule has 0 saturated carbocycles. The maximum Gasteiger partial charge on any atom is 0.186 e. The second kappa shape index (κ2) is 18.0. The van der Waals surface area contributed by atoms with Gasteiger partial charge in [-0.2, -0.15) is 0 Å². The van der Waals surface area contributed by atoms with Gasteiger partial charge in [-0.25, -0.2) is 0 Å². The van der Waals surface area contributed by atoms with Gasteiger partial charge in [0.25, 0.3) is 0 Å². The predicted octanol–water partition coefficient (Wildman–Crippen LogP) is -1.09. The van der Waals surface area contributed by atoms with E-state index in [0.717, 1.165) is 64.2 Å². The van der Waals surface area contributed by atoms with Gasteiger partial charge in [-0.3, -0.25) is 0 Å². The van der Waals surface area contributed by atoms with Crippen LogP contribution >= 0.6 is 0 Å². The van der Waals surface area contributed by atoms with E-state index in [-0.39, 0.29) is 0 Å². The van der Waals surface area contributed by atoms with Crippen LogP contribution in [0.3, 0.4) is 0 Å². The summed E-state index contributed by atoms with van der Waals surface area (Å²) < 4.78 is 21.6. The summed E-state index contributed by atoms with van der Waals surface area (Å²) in [5.74, 6) is 0. The third-order valence-corrected chi connectivity index (χ3v) is 7.05. The minimum atomic E-state index is -1.42. The fraction of sp³-hybridized carbons (Fsp3) is 1.00. The molecule has 2 rings (SSSR count). The smallest absolute Gasteiger partial charge is 0.186 e. The van der Waals surface area contributed by atoms with Gasteiger partial charge in [0, 0.05) is 13.2 Å². The molecule has 37 heavy (non-hydrogen) atoms. The number of hydrogen-bond acceptors (Lipinski definition) is 12. The zero-order valence-corrected chi connectivity index (χ0v) is 21.6. The fourth-order valence-electron chi connectivity index (χ4n) is 4.60. The van der Waals surface area contributed by atoms with Gasteiger partial charge in [0.2, 0.25) is 0 Å². The van der Waals surface area contributed by atoms with Crippen LogP contribution in [0.15, 0.2) is 0 Å². The first kappa shape index (κ1) is 32.7. The topological polar surface area (TPSA) is 199 Å². The number of hydrogen-bond donors (Lipinski definition) is 8. The SMILES string of the molecule is OC[C@H]1O[C@@H](OCCCCCCCCCCCCCO[C@H]2O[C@H](CO)[C@@H](O)[C@H](O)[C@H]2O)[C@H](O)[C@@H](O)[C@@H]1O. The minimum absolute atomic E-state index is 0.364. The number of aliphatic hydroxyl groups is 8. The first-order chi connectivity index (χ1) is 17.8. The van der Waals surface area contributed by atoms with E-state index in [1.165, 1.54) is 6.42 Å². The molecule has 0 radical (unpaired) electrons. The quantitative estimate of drug-likeness (QED) is 0.0979. The van der Waals surface area contributed by atoms with Crippen LogP contribution in [0, 0.1) is 0 Å². The van der Waals surface area contributed by atoms with Crippen LogP contribution in [-0.2, 0) is 18.9 Å². The lowest BCUT2D eigenvalue weighted by atomic mass is 9.99. The van der Waals surface area contributed by atoms with Gasteiger partial charge in [-0.1, -0.05) is 57.8 Å². The van der Waals surface area contributed by atoms with Crippen LogP contribution in [0.25, 0.3) is 0 Å². The summed E-state index contributed by atoms with van der Waals surface area (Å²) >= 11 is 0. The molecule has 2 saturated heterocycles. The lowest BCUT2D eigenvalue weighted by Gasteiger charge is -2.39. The highest BCUT2D eigenvalue weighted by molar-refractivity contribution is 4.89. The van der Waals surface area contributed by atoms with Gasteiger partial charge in [-0.05, 0) is 12.8 Å². The summed E-state index contributed by atoms with van der Waals surface area (Å²) in [5, 5.41) is 77.3. The molecule has 2 aliphatic heterocycles. The first-order valence-corrected chi connectivity index (χ1v) is 13.7. The van der Waals surface area contributed by atoms with Gasteiger partial charge in [0.05, 0.1) is 13.2 Å². The highest BCUT2D eigenvalue weighted by Gasteiger charge is 2.44. The Morgan fingerprint density at radius 2 is 0.703 bits per heavy atom. The first-order valence-electron chi connectivity index (χ1n) is 13.7. The van der Waals surface area contributed by atoms with Gasteiger partial charge >= 0.3 is 0 Å². The Labute approximate surface area is 218 Å². The van der Waals surface area contributed by atoms with Crippen molar-refractivity contribution in [2.24, 2.45) is 0 Å². The average Bonchev–Trinajstić information content (AvgIpc) is 2.90. The zero-order valence-electron chi connectivity index (χ0n) is 21.6. The molecular weight excluding hydrogens is 492 g/mol. The highest BCUT2D eigenvalue weighted by atomic mass is 16.7. The van der Waals surface area contributed by atoms with E-state index in [9.17, 15) is 40.9 Å². The minimum Gasteiger partial charge on any atom is -0.394 e. The summed E-state index contributed by atoms with van der Waals surface area (Å²) in [4.78, 5) is 0. The zero-order chi connectivity index (χ0) is 27.2. The van der Waals surface area contributed by atoms with Crippen molar-refractivity contribution in [3.8, 4) is 0 Å². The highest BCUT2D eigenvalue weighted by Crippen LogP contribution is 2.23. The van der Waals surface area contributed by atoms with Crippen LogP contribution < -0.4 is 0 Å². The lowest BCUT2D eigenvalue weighted by molar-refractivity contribution is -0.301. The average molecular weight is 541 g/mol. The molecular formula is C25H48O12. The van der Waals surface area contributed by atoms with E-state index >= 15 is 0 Å². The Bertz CT molecular complexity index is 532. The summed E-state index contributed by atoms with van der Waals surface area (Å²) in [7, 11) is 0. The van der Waals surface area contributed by atoms with Crippen molar-refractivity contribution in [3.63, 3.8) is 0 Å². The Morgan fingerprint density at radius 1 is 0.405 bits per heavy atom. The van der Waals surface area contributed by atoms with E-state index in [2.05, 4.69) is 0 Å². The van der Waals surface area contributed by atoms with Crippen LogP contribution in [0.2, 0.25) is 0 Å². The van der Waals surface area contributed by atoms with Crippen LogP contribution in [-0.4, -0.2) is 129 Å². The molecule has 8 N–H and O–H groups in total. The maximum atomic E-state index is 9.94. The second-order valence-electron chi connectivity index (χ2n) is 10.0. The van der Waals surface area contributed by atoms with Crippen molar-refractivity contribution in [1.82, 2.24) is 0 Å². The predicted molar refractivity (Wildman–Crippen MR) is 130 cm³/mol. The Balaban J connectivity index is 1.37. The van der Waals surface area contributed by atoms with E-state index in [0.29, 0.717) is 13.2 Å². The largest absolute Gasteiger partial charge is 0.394 e. The molecule has 220 valence electrons. The number of rotatable bonds is 18. The molecule has 12 heteroatoms. The van der Waals surface area contributed by atoms with Crippen molar-refractivity contribution in [2.45, 2.75) is 132 Å². The van der Waals surface area contributed by atoms with Crippen LogP contribution in [0.1, 0.15) is 70.6 Å². The molecule has 0 bridgehead atoms. The van der Waals surface area contributed by atoms with E-state index in [1.54, 1.807) is 0 Å². The molecule has 0 aromatic heterocycles. The van der Waals surface area contributed by atoms with Gasteiger partial charge in [0.1, 0.15) is 48.8 Å². The maximum absolute atomic E-state index is 9.94. The van der Waals surface area contributed by atoms with E-state index in [4.69, 9.17) is 18.9 Å². The monoisotopic (exact) mass is 540 g/mol. The third-order valence-electron chi connectivity index (χ3n) is 7.05. The van der Waals surface area contributed by atoms with E-state index in [1.807, 2.05) is 0 Å². The number of ether oxygens (including phenoxy) is 4. The number of aliphatic hydroxyl groups excluding tert-OH is 8. The van der Waals surface area contributed by atoms with Crippen molar-refractivity contribution < 1.29 is 59.8 Å². The van der Waals surface area contributed by atoms with Crippen molar-refractivity contribution in [2.75, 3.05) is 26.4 Å². The summed E-state index contributed by atoms with van der Waals surface area (Å²) in [6, 6.07) is 0. The van der Waals surface area contributed by atoms with Gasteiger partial charge < -0.3 is 59.8 Å². The van der Waals surface area contributed by atoms with Crippen molar-refractivity contribution in [1.29, 1.82) is 0 Å². The van der Waals surface area contributed by atoms with Crippen LogP contribution in [0.5, 0.6) is 0 Å². The number of unbranched alkanes of at least 4 members (excludes halogenated alkanes) is 10. The molecule has 0 spiro atoms. The Morgan fingerprint density at radius 3 is 1.00 bits per heavy atom. The molecule has 0 aromatic carbocycles. The van der Waals surface area contributed by atoms with Crippen LogP contribution in [0.4, 0.5) is 0 Å². The molecule has 0 aliphatic carbocycles. The van der Waals surface area contributed by atoms with Crippen molar-refractivity contribution >= 4 is 0 Å². The molecule has 0 aromatic rings. The van der Waals surface area contributed by atoms with Crippen molar-refractivity contribution in [3.05, 3.63) is 0 Å². The summed E-state index contributed by atoms with van der Waals surface area (Å²) in [5.41, 5.74) is 0. The molecule has 10 atom stereocenters.